The standard InChI is InChI=1S/C14H13Cl2NO2S/c1-9-6-7-14(12(16)8-9)20(18,19)17-13-5-3-4-11(15)10(13)2/h3-8,17H,1-2H3. The first-order valence-corrected chi connectivity index (χ1v) is 8.09. The Labute approximate surface area is 128 Å². The summed E-state index contributed by atoms with van der Waals surface area (Å²) in [7, 11) is -3.74. The van der Waals surface area contributed by atoms with Crippen LogP contribution < -0.4 is 4.72 Å². The quantitative estimate of drug-likeness (QED) is 0.906. The number of hydrogen-bond donors (Lipinski definition) is 1. The van der Waals surface area contributed by atoms with Gasteiger partial charge in [0.25, 0.3) is 10.0 Å². The SMILES string of the molecule is Cc1ccc(S(=O)(=O)Nc2cccc(Cl)c2C)c(Cl)c1. The molecule has 2 rings (SSSR count). The molecule has 0 aromatic heterocycles. The van der Waals surface area contributed by atoms with Gasteiger partial charge in [0, 0.05) is 5.02 Å². The molecule has 1 N–H and O–H groups in total. The van der Waals surface area contributed by atoms with Crippen molar-refractivity contribution in [1.29, 1.82) is 0 Å². The van der Waals surface area contributed by atoms with E-state index in [9.17, 15) is 8.42 Å². The molecule has 0 aliphatic heterocycles. The molecule has 0 unspecified atom stereocenters. The van der Waals surface area contributed by atoms with Crippen LogP contribution in [0.15, 0.2) is 41.3 Å². The summed E-state index contributed by atoms with van der Waals surface area (Å²) < 4.78 is 27.2. The molecule has 0 amide bonds. The van der Waals surface area contributed by atoms with Gasteiger partial charge >= 0.3 is 0 Å². The van der Waals surface area contributed by atoms with Crippen LogP contribution in [0.2, 0.25) is 10.0 Å². The van der Waals surface area contributed by atoms with Gasteiger partial charge in [-0.2, -0.15) is 0 Å². The third-order valence-electron chi connectivity index (χ3n) is 2.89. The Balaban J connectivity index is 2.44. The average molecular weight is 330 g/mol. The van der Waals surface area contributed by atoms with Gasteiger partial charge in [-0.15, -0.1) is 0 Å². The Kier molecular flexibility index (Phi) is 4.28. The van der Waals surface area contributed by atoms with Crippen LogP contribution in [-0.2, 0) is 10.0 Å². The molecule has 0 aliphatic rings. The van der Waals surface area contributed by atoms with E-state index >= 15 is 0 Å². The number of halogens is 2. The minimum Gasteiger partial charge on any atom is -0.279 e. The lowest BCUT2D eigenvalue weighted by Crippen LogP contribution is -2.14. The molecule has 0 saturated carbocycles. The van der Waals surface area contributed by atoms with Crippen LogP contribution in [-0.4, -0.2) is 8.42 Å². The number of sulfonamides is 1. The first kappa shape index (κ1) is 15.2. The second kappa shape index (κ2) is 5.64. The van der Waals surface area contributed by atoms with E-state index in [1.54, 1.807) is 37.3 Å². The van der Waals surface area contributed by atoms with Crippen molar-refractivity contribution in [3.8, 4) is 0 Å². The Morgan fingerprint density at radius 1 is 1.00 bits per heavy atom. The number of nitrogens with one attached hydrogen (secondary N) is 1. The van der Waals surface area contributed by atoms with Crippen molar-refractivity contribution >= 4 is 38.9 Å². The molecule has 0 radical (unpaired) electrons. The molecule has 0 spiro atoms. The predicted octanol–water partition coefficient (Wildman–Crippen LogP) is 4.41. The summed E-state index contributed by atoms with van der Waals surface area (Å²) in [5.74, 6) is 0. The van der Waals surface area contributed by atoms with E-state index in [0.717, 1.165) is 5.56 Å². The molecular weight excluding hydrogens is 317 g/mol. The summed E-state index contributed by atoms with van der Waals surface area (Å²) in [5.41, 5.74) is 2.00. The Morgan fingerprint density at radius 2 is 1.70 bits per heavy atom. The van der Waals surface area contributed by atoms with Crippen molar-refractivity contribution in [1.82, 2.24) is 0 Å². The van der Waals surface area contributed by atoms with Crippen LogP contribution in [0.25, 0.3) is 0 Å². The molecule has 0 aliphatic carbocycles. The maximum Gasteiger partial charge on any atom is 0.263 e. The fourth-order valence-electron chi connectivity index (χ4n) is 1.74. The zero-order valence-electron chi connectivity index (χ0n) is 10.9. The second-order valence-electron chi connectivity index (χ2n) is 4.45. The summed E-state index contributed by atoms with van der Waals surface area (Å²) in [6, 6.07) is 9.84. The third-order valence-corrected chi connectivity index (χ3v) is 5.15. The molecule has 3 nitrogen and oxygen atoms in total. The maximum atomic E-state index is 12.4. The third kappa shape index (κ3) is 3.08. The van der Waals surface area contributed by atoms with Crippen LogP contribution in [0, 0.1) is 13.8 Å². The summed E-state index contributed by atoms with van der Waals surface area (Å²) in [5, 5.41) is 0.692. The van der Waals surface area contributed by atoms with E-state index in [4.69, 9.17) is 23.2 Å². The Bertz CT molecular complexity index is 758. The molecular formula is C14H13Cl2NO2S. The number of rotatable bonds is 3. The second-order valence-corrected chi connectivity index (χ2v) is 6.92. The fourth-order valence-corrected chi connectivity index (χ4v) is 3.64. The van der Waals surface area contributed by atoms with Gasteiger partial charge in [-0.1, -0.05) is 35.3 Å². The lowest BCUT2D eigenvalue weighted by molar-refractivity contribution is 0.601. The van der Waals surface area contributed by atoms with Crippen molar-refractivity contribution in [2.24, 2.45) is 0 Å². The van der Waals surface area contributed by atoms with Gasteiger partial charge in [0.15, 0.2) is 0 Å². The average Bonchev–Trinajstić information content (AvgIpc) is 2.34. The number of aryl methyl sites for hydroxylation is 1. The summed E-state index contributed by atoms with van der Waals surface area (Å²) in [6.45, 7) is 3.59. The highest BCUT2D eigenvalue weighted by molar-refractivity contribution is 7.92. The molecule has 0 heterocycles. The highest BCUT2D eigenvalue weighted by atomic mass is 35.5. The van der Waals surface area contributed by atoms with Crippen molar-refractivity contribution in [2.75, 3.05) is 4.72 Å². The largest absolute Gasteiger partial charge is 0.279 e. The fraction of sp³-hybridized carbons (Fsp3) is 0.143. The van der Waals surface area contributed by atoms with Gasteiger partial charge in [-0.3, -0.25) is 4.72 Å². The normalized spacial score (nSPS) is 11.4. The minimum atomic E-state index is -3.74. The molecule has 106 valence electrons. The van der Waals surface area contributed by atoms with Gasteiger partial charge in [-0.25, -0.2) is 8.42 Å². The highest BCUT2D eigenvalue weighted by Crippen LogP contribution is 2.28. The minimum absolute atomic E-state index is 0.0455. The number of hydrogen-bond acceptors (Lipinski definition) is 2. The van der Waals surface area contributed by atoms with Crippen LogP contribution in [0.4, 0.5) is 5.69 Å². The molecule has 0 atom stereocenters. The summed E-state index contributed by atoms with van der Waals surface area (Å²) >= 11 is 12.0. The molecule has 0 saturated heterocycles. The van der Waals surface area contributed by atoms with Gasteiger partial charge in [0.05, 0.1) is 10.7 Å². The van der Waals surface area contributed by atoms with Crippen LogP contribution in [0.1, 0.15) is 11.1 Å². The molecule has 2 aromatic rings. The van der Waals surface area contributed by atoms with Crippen molar-refractivity contribution in [2.45, 2.75) is 18.7 Å². The van der Waals surface area contributed by atoms with Crippen molar-refractivity contribution < 1.29 is 8.42 Å². The first-order valence-electron chi connectivity index (χ1n) is 5.85. The predicted molar refractivity (Wildman–Crippen MR) is 83.2 cm³/mol. The summed E-state index contributed by atoms with van der Waals surface area (Å²) in [6.07, 6.45) is 0. The van der Waals surface area contributed by atoms with Gasteiger partial charge in [-0.05, 0) is 49.2 Å². The van der Waals surface area contributed by atoms with Gasteiger partial charge in [0.1, 0.15) is 4.90 Å². The lowest BCUT2D eigenvalue weighted by Gasteiger charge is -2.12. The smallest absolute Gasteiger partial charge is 0.263 e. The first-order chi connectivity index (χ1) is 9.31. The zero-order chi connectivity index (χ0) is 14.9. The zero-order valence-corrected chi connectivity index (χ0v) is 13.3. The van der Waals surface area contributed by atoms with E-state index < -0.39 is 10.0 Å². The summed E-state index contributed by atoms with van der Waals surface area (Å²) in [4.78, 5) is 0.0455. The van der Waals surface area contributed by atoms with Crippen LogP contribution in [0.5, 0.6) is 0 Å². The van der Waals surface area contributed by atoms with Crippen LogP contribution >= 0.6 is 23.2 Å². The van der Waals surface area contributed by atoms with E-state index in [-0.39, 0.29) is 9.92 Å². The topological polar surface area (TPSA) is 46.2 Å². The van der Waals surface area contributed by atoms with E-state index in [2.05, 4.69) is 4.72 Å². The van der Waals surface area contributed by atoms with Crippen molar-refractivity contribution in [3.63, 3.8) is 0 Å². The van der Waals surface area contributed by atoms with E-state index in [1.165, 1.54) is 6.07 Å². The number of anilines is 1. The maximum absolute atomic E-state index is 12.4. The van der Waals surface area contributed by atoms with Crippen LogP contribution in [0.3, 0.4) is 0 Å². The molecule has 6 heteroatoms. The molecule has 0 bridgehead atoms. The van der Waals surface area contributed by atoms with E-state index in [1.807, 2.05) is 6.92 Å². The Hall–Kier alpha value is -1.23. The van der Waals surface area contributed by atoms with E-state index in [0.29, 0.717) is 16.3 Å². The molecule has 2 aromatic carbocycles. The van der Waals surface area contributed by atoms with Crippen molar-refractivity contribution in [3.05, 3.63) is 57.6 Å². The lowest BCUT2D eigenvalue weighted by atomic mass is 10.2. The van der Waals surface area contributed by atoms with Gasteiger partial charge < -0.3 is 0 Å². The highest BCUT2D eigenvalue weighted by Gasteiger charge is 2.19. The molecule has 20 heavy (non-hydrogen) atoms. The molecule has 0 fully saturated rings. The monoisotopic (exact) mass is 329 g/mol. The van der Waals surface area contributed by atoms with Gasteiger partial charge in [0.2, 0.25) is 0 Å². The number of benzene rings is 2. The Morgan fingerprint density at radius 3 is 2.35 bits per heavy atom.